The van der Waals surface area contributed by atoms with Gasteiger partial charge >= 0.3 is 0 Å². The molecule has 0 aliphatic carbocycles. The highest BCUT2D eigenvalue weighted by atomic mass is 14.8. The molecule has 1 atom stereocenters. The zero-order chi connectivity index (χ0) is 7.82. The van der Waals surface area contributed by atoms with Gasteiger partial charge in [0.05, 0.1) is 6.54 Å². The fourth-order valence-electron chi connectivity index (χ4n) is 0.553. The first-order chi connectivity index (χ1) is 4.81. The van der Waals surface area contributed by atoms with Gasteiger partial charge in [0.1, 0.15) is 0 Å². The van der Waals surface area contributed by atoms with Crippen LogP contribution in [0.5, 0.6) is 0 Å². The van der Waals surface area contributed by atoms with Gasteiger partial charge in [-0.1, -0.05) is 12.8 Å². The lowest BCUT2D eigenvalue weighted by atomic mass is 10.2. The van der Waals surface area contributed by atoms with E-state index in [-0.39, 0.29) is 0 Å². The van der Waals surface area contributed by atoms with Crippen molar-refractivity contribution in [3.05, 3.63) is 0 Å². The van der Waals surface area contributed by atoms with Gasteiger partial charge < -0.3 is 11.1 Å². The Hall–Kier alpha value is -0.520. The Labute approximate surface area is 63.2 Å². The summed E-state index contributed by atoms with van der Waals surface area (Å²) in [5.41, 5.74) is 5.41. The van der Waals surface area contributed by atoms with Crippen molar-refractivity contribution in [2.75, 3.05) is 19.6 Å². The molecule has 10 heavy (non-hydrogen) atoms. The second kappa shape index (κ2) is 6.60. The number of nitrogens with two attached hydrogens (primary N) is 1. The van der Waals surface area contributed by atoms with Crippen molar-refractivity contribution in [2.24, 2.45) is 11.7 Å². The number of nitrogens with one attached hydrogen (secondary N) is 1. The molecule has 2 nitrogen and oxygen atoms in total. The van der Waals surface area contributed by atoms with E-state index in [1.807, 2.05) is 6.92 Å². The molecule has 0 amide bonds. The lowest BCUT2D eigenvalue weighted by molar-refractivity contribution is 0.544. The van der Waals surface area contributed by atoms with Crippen LogP contribution in [-0.2, 0) is 0 Å². The molecule has 0 aromatic rings. The summed E-state index contributed by atoms with van der Waals surface area (Å²) in [6.07, 6.45) is 0. The Kier molecular flexibility index (Phi) is 6.25. The molecule has 0 aromatic heterocycles. The van der Waals surface area contributed by atoms with E-state index in [2.05, 4.69) is 24.1 Å². The zero-order valence-corrected chi connectivity index (χ0v) is 6.78. The quantitative estimate of drug-likeness (QED) is 0.432. The van der Waals surface area contributed by atoms with Crippen LogP contribution in [0.25, 0.3) is 0 Å². The molecule has 0 heterocycles. The SMILES string of the molecule is CC#CCNCC(C)CN. The Morgan fingerprint density at radius 2 is 2.30 bits per heavy atom. The van der Waals surface area contributed by atoms with Crippen LogP contribution in [0.3, 0.4) is 0 Å². The summed E-state index contributed by atoms with van der Waals surface area (Å²) in [5, 5.41) is 3.18. The molecule has 0 radical (unpaired) electrons. The van der Waals surface area contributed by atoms with Crippen molar-refractivity contribution in [2.45, 2.75) is 13.8 Å². The number of hydrogen-bond donors (Lipinski definition) is 2. The fraction of sp³-hybridized carbons (Fsp3) is 0.750. The van der Waals surface area contributed by atoms with Crippen molar-refractivity contribution in [1.82, 2.24) is 5.32 Å². The van der Waals surface area contributed by atoms with Gasteiger partial charge in [-0.25, -0.2) is 0 Å². The second-order valence-electron chi connectivity index (χ2n) is 2.40. The van der Waals surface area contributed by atoms with E-state index in [1.54, 1.807) is 0 Å². The molecule has 0 aliphatic rings. The fourth-order valence-corrected chi connectivity index (χ4v) is 0.553. The summed E-state index contributed by atoms with van der Waals surface area (Å²) in [7, 11) is 0. The average Bonchev–Trinajstić information content (AvgIpc) is 1.98. The summed E-state index contributed by atoms with van der Waals surface area (Å²) in [5.74, 6) is 6.30. The first-order valence-corrected chi connectivity index (χ1v) is 3.61. The van der Waals surface area contributed by atoms with Crippen LogP contribution >= 0.6 is 0 Å². The molecular formula is C8H16N2. The van der Waals surface area contributed by atoms with Crippen LogP contribution in [0.15, 0.2) is 0 Å². The Morgan fingerprint density at radius 3 is 2.80 bits per heavy atom. The lowest BCUT2D eigenvalue weighted by Crippen LogP contribution is -2.26. The molecule has 2 heteroatoms. The topological polar surface area (TPSA) is 38.0 Å². The van der Waals surface area contributed by atoms with E-state index < -0.39 is 0 Å². The Morgan fingerprint density at radius 1 is 1.60 bits per heavy atom. The van der Waals surface area contributed by atoms with E-state index >= 15 is 0 Å². The van der Waals surface area contributed by atoms with Gasteiger partial charge in [-0.15, -0.1) is 5.92 Å². The standard InChI is InChI=1S/C8H16N2/c1-3-4-5-10-7-8(2)6-9/h8,10H,5-7,9H2,1-2H3. The van der Waals surface area contributed by atoms with Gasteiger partial charge in [-0.3, -0.25) is 0 Å². The maximum absolute atomic E-state index is 5.41. The maximum atomic E-state index is 5.41. The lowest BCUT2D eigenvalue weighted by Gasteiger charge is -2.06. The van der Waals surface area contributed by atoms with Gasteiger partial charge in [0.2, 0.25) is 0 Å². The Bertz CT molecular complexity index is 121. The minimum atomic E-state index is 0.554. The van der Waals surface area contributed by atoms with Crippen molar-refractivity contribution >= 4 is 0 Å². The first-order valence-electron chi connectivity index (χ1n) is 3.61. The van der Waals surface area contributed by atoms with Crippen LogP contribution in [0.2, 0.25) is 0 Å². The normalized spacial score (nSPS) is 11.9. The zero-order valence-electron chi connectivity index (χ0n) is 6.78. The molecule has 3 N–H and O–H groups in total. The minimum absolute atomic E-state index is 0.554. The molecule has 0 bridgehead atoms. The molecule has 0 saturated carbocycles. The van der Waals surface area contributed by atoms with Gasteiger partial charge in [-0.05, 0) is 25.9 Å². The second-order valence-corrected chi connectivity index (χ2v) is 2.40. The average molecular weight is 140 g/mol. The van der Waals surface area contributed by atoms with Gasteiger partial charge in [-0.2, -0.15) is 0 Å². The van der Waals surface area contributed by atoms with Crippen LogP contribution in [0, 0.1) is 17.8 Å². The summed E-state index contributed by atoms with van der Waals surface area (Å²) < 4.78 is 0. The summed E-state index contributed by atoms with van der Waals surface area (Å²) in [4.78, 5) is 0. The van der Waals surface area contributed by atoms with Crippen molar-refractivity contribution < 1.29 is 0 Å². The molecule has 58 valence electrons. The number of rotatable bonds is 4. The predicted octanol–water partition coefficient (Wildman–Crippen LogP) is 0.194. The third-order valence-electron chi connectivity index (χ3n) is 1.29. The third-order valence-corrected chi connectivity index (χ3v) is 1.29. The van der Waals surface area contributed by atoms with E-state index in [4.69, 9.17) is 5.73 Å². The van der Waals surface area contributed by atoms with Gasteiger partial charge in [0.15, 0.2) is 0 Å². The molecule has 1 unspecified atom stereocenters. The highest BCUT2D eigenvalue weighted by molar-refractivity contribution is 4.96. The van der Waals surface area contributed by atoms with Crippen LogP contribution in [0.4, 0.5) is 0 Å². The molecule has 0 spiro atoms. The maximum Gasteiger partial charge on any atom is 0.0576 e. The van der Waals surface area contributed by atoms with Crippen LogP contribution < -0.4 is 11.1 Å². The Balaban J connectivity index is 3.08. The van der Waals surface area contributed by atoms with Crippen molar-refractivity contribution in [1.29, 1.82) is 0 Å². The molecular weight excluding hydrogens is 124 g/mol. The molecule has 0 saturated heterocycles. The van der Waals surface area contributed by atoms with Crippen LogP contribution in [-0.4, -0.2) is 19.6 Å². The summed E-state index contributed by atoms with van der Waals surface area (Å²) >= 11 is 0. The van der Waals surface area contributed by atoms with Crippen LogP contribution in [0.1, 0.15) is 13.8 Å². The summed E-state index contributed by atoms with van der Waals surface area (Å²) in [6, 6.07) is 0. The first kappa shape index (κ1) is 9.48. The van der Waals surface area contributed by atoms with Crippen molar-refractivity contribution in [3.63, 3.8) is 0 Å². The monoisotopic (exact) mass is 140 g/mol. The highest BCUT2D eigenvalue weighted by Crippen LogP contribution is 1.85. The highest BCUT2D eigenvalue weighted by Gasteiger charge is 1.94. The molecule has 0 aromatic carbocycles. The minimum Gasteiger partial charge on any atom is -0.330 e. The van der Waals surface area contributed by atoms with Gasteiger partial charge in [0.25, 0.3) is 0 Å². The van der Waals surface area contributed by atoms with Crippen molar-refractivity contribution in [3.8, 4) is 11.8 Å². The predicted molar refractivity (Wildman–Crippen MR) is 44.5 cm³/mol. The van der Waals surface area contributed by atoms with E-state index in [0.29, 0.717) is 5.92 Å². The van der Waals surface area contributed by atoms with Gasteiger partial charge in [0, 0.05) is 0 Å². The molecule has 0 aliphatic heterocycles. The van der Waals surface area contributed by atoms with E-state index in [9.17, 15) is 0 Å². The van der Waals surface area contributed by atoms with E-state index in [0.717, 1.165) is 19.6 Å². The molecule has 0 rings (SSSR count). The largest absolute Gasteiger partial charge is 0.330 e. The number of hydrogen-bond acceptors (Lipinski definition) is 2. The third kappa shape index (κ3) is 5.61. The smallest absolute Gasteiger partial charge is 0.0576 e. The molecule has 0 fully saturated rings. The summed E-state index contributed by atoms with van der Waals surface area (Å²) in [6.45, 7) is 6.44. The van der Waals surface area contributed by atoms with E-state index in [1.165, 1.54) is 0 Å².